The molecular formula is C8H15NO3. The highest BCUT2D eigenvalue weighted by Gasteiger charge is 2.25. The van der Waals surface area contributed by atoms with Crippen molar-refractivity contribution >= 4 is 5.97 Å². The third kappa shape index (κ3) is 2.46. The molecule has 2 unspecified atom stereocenters. The van der Waals surface area contributed by atoms with Gasteiger partial charge in [0.2, 0.25) is 0 Å². The van der Waals surface area contributed by atoms with Crippen LogP contribution in [0.1, 0.15) is 12.8 Å². The average Bonchev–Trinajstić information content (AvgIpc) is 2.47. The zero-order chi connectivity index (χ0) is 8.97. The van der Waals surface area contributed by atoms with Gasteiger partial charge >= 0.3 is 5.97 Å². The van der Waals surface area contributed by atoms with Gasteiger partial charge in [0, 0.05) is 18.4 Å². The van der Waals surface area contributed by atoms with Gasteiger partial charge in [-0.05, 0) is 6.42 Å². The van der Waals surface area contributed by atoms with Gasteiger partial charge in [-0.3, -0.25) is 4.79 Å². The Morgan fingerprint density at radius 2 is 2.42 bits per heavy atom. The lowest BCUT2D eigenvalue weighted by atomic mass is 9.99. The second kappa shape index (κ2) is 4.42. The first-order valence-corrected chi connectivity index (χ1v) is 4.14. The molecule has 4 nitrogen and oxygen atoms in total. The Labute approximate surface area is 72.0 Å². The van der Waals surface area contributed by atoms with Gasteiger partial charge in [0.25, 0.3) is 0 Å². The zero-order valence-electron chi connectivity index (χ0n) is 7.29. The van der Waals surface area contributed by atoms with Gasteiger partial charge < -0.3 is 15.2 Å². The van der Waals surface area contributed by atoms with Crippen molar-refractivity contribution in [2.24, 2.45) is 11.7 Å². The summed E-state index contributed by atoms with van der Waals surface area (Å²) in [5.41, 5.74) is 5.73. The highest BCUT2D eigenvalue weighted by atomic mass is 16.5. The molecule has 1 rings (SSSR count). The fraction of sp³-hybridized carbons (Fsp3) is 0.875. The molecule has 0 spiro atoms. The molecule has 1 aliphatic heterocycles. The number of carbonyl (C=O) groups is 1. The lowest BCUT2D eigenvalue weighted by Gasteiger charge is -2.11. The van der Waals surface area contributed by atoms with Crippen LogP contribution in [0.4, 0.5) is 0 Å². The van der Waals surface area contributed by atoms with Crippen LogP contribution < -0.4 is 5.73 Å². The van der Waals surface area contributed by atoms with Crippen molar-refractivity contribution in [3.63, 3.8) is 0 Å². The van der Waals surface area contributed by atoms with Crippen molar-refractivity contribution < 1.29 is 14.3 Å². The second-order valence-electron chi connectivity index (χ2n) is 3.08. The lowest BCUT2D eigenvalue weighted by molar-refractivity contribution is -0.140. The summed E-state index contributed by atoms with van der Waals surface area (Å²) >= 11 is 0. The smallest absolute Gasteiger partial charge is 0.305 e. The molecule has 2 atom stereocenters. The van der Waals surface area contributed by atoms with Gasteiger partial charge in [0.1, 0.15) is 0 Å². The molecule has 0 radical (unpaired) electrons. The van der Waals surface area contributed by atoms with E-state index in [1.54, 1.807) is 0 Å². The summed E-state index contributed by atoms with van der Waals surface area (Å²) in [7, 11) is 1.40. The van der Waals surface area contributed by atoms with Gasteiger partial charge in [-0.15, -0.1) is 0 Å². The van der Waals surface area contributed by atoms with Gasteiger partial charge in [0.15, 0.2) is 0 Å². The van der Waals surface area contributed by atoms with Crippen LogP contribution in [-0.2, 0) is 14.3 Å². The van der Waals surface area contributed by atoms with Crippen molar-refractivity contribution in [1.29, 1.82) is 0 Å². The van der Waals surface area contributed by atoms with E-state index < -0.39 is 0 Å². The first kappa shape index (κ1) is 9.48. The van der Waals surface area contributed by atoms with Gasteiger partial charge in [0.05, 0.1) is 20.3 Å². The van der Waals surface area contributed by atoms with E-state index >= 15 is 0 Å². The Hall–Kier alpha value is -0.610. The third-order valence-corrected chi connectivity index (χ3v) is 2.19. The fourth-order valence-corrected chi connectivity index (χ4v) is 1.32. The SMILES string of the molecule is COC(=O)CCC1COCC1N. The summed E-state index contributed by atoms with van der Waals surface area (Å²) in [6.07, 6.45) is 1.21. The normalized spacial score (nSPS) is 28.8. The third-order valence-electron chi connectivity index (χ3n) is 2.19. The Morgan fingerprint density at radius 1 is 1.67 bits per heavy atom. The van der Waals surface area contributed by atoms with Crippen molar-refractivity contribution in [3.05, 3.63) is 0 Å². The summed E-state index contributed by atoms with van der Waals surface area (Å²) in [6, 6.07) is 0.0923. The van der Waals surface area contributed by atoms with E-state index in [9.17, 15) is 4.79 Å². The van der Waals surface area contributed by atoms with E-state index in [1.807, 2.05) is 0 Å². The van der Waals surface area contributed by atoms with E-state index in [0.29, 0.717) is 25.6 Å². The van der Waals surface area contributed by atoms with Crippen LogP contribution in [0.3, 0.4) is 0 Å². The molecule has 0 aromatic heterocycles. The Kier molecular flexibility index (Phi) is 3.49. The quantitative estimate of drug-likeness (QED) is 0.606. The summed E-state index contributed by atoms with van der Waals surface area (Å²) in [5.74, 6) is 0.151. The predicted molar refractivity (Wildman–Crippen MR) is 43.5 cm³/mol. The molecule has 12 heavy (non-hydrogen) atoms. The fourth-order valence-electron chi connectivity index (χ4n) is 1.32. The minimum Gasteiger partial charge on any atom is -0.469 e. The summed E-state index contributed by atoms with van der Waals surface area (Å²) in [6.45, 7) is 1.30. The number of rotatable bonds is 3. The molecule has 2 N–H and O–H groups in total. The number of hydrogen-bond acceptors (Lipinski definition) is 4. The largest absolute Gasteiger partial charge is 0.469 e. The molecule has 70 valence electrons. The van der Waals surface area contributed by atoms with Crippen molar-refractivity contribution in [2.45, 2.75) is 18.9 Å². The van der Waals surface area contributed by atoms with Crippen LogP contribution in [0.25, 0.3) is 0 Å². The van der Waals surface area contributed by atoms with Crippen LogP contribution >= 0.6 is 0 Å². The molecule has 0 saturated carbocycles. The average molecular weight is 173 g/mol. The zero-order valence-corrected chi connectivity index (χ0v) is 7.29. The van der Waals surface area contributed by atoms with Crippen molar-refractivity contribution in [3.8, 4) is 0 Å². The summed E-state index contributed by atoms with van der Waals surface area (Å²) in [5, 5.41) is 0. The van der Waals surface area contributed by atoms with Crippen LogP contribution in [-0.4, -0.2) is 32.3 Å². The molecule has 0 aromatic rings. The number of methoxy groups -OCH3 is 1. The maximum atomic E-state index is 10.8. The molecule has 0 aliphatic carbocycles. The molecule has 0 aromatic carbocycles. The number of carbonyl (C=O) groups excluding carboxylic acids is 1. The second-order valence-corrected chi connectivity index (χ2v) is 3.08. The molecule has 1 saturated heterocycles. The molecular weight excluding hydrogens is 158 g/mol. The molecule has 4 heteroatoms. The van der Waals surface area contributed by atoms with Crippen LogP contribution in [0.15, 0.2) is 0 Å². The molecule has 1 fully saturated rings. The standard InChI is InChI=1S/C8H15NO3/c1-11-8(10)3-2-6-4-12-5-7(6)9/h6-7H,2-5,9H2,1H3. The maximum Gasteiger partial charge on any atom is 0.305 e. The number of esters is 1. The number of hydrogen-bond donors (Lipinski definition) is 1. The minimum atomic E-state index is -0.172. The van der Waals surface area contributed by atoms with Crippen LogP contribution in [0.5, 0.6) is 0 Å². The minimum absolute atomic E-state index is 0.0923. The Bertz CT molecular complexity index is 160. The van der Waals surface area contributed by atoms with Crippen LogP contribution in [0, 0.1) is 5.92 Å². The molecule has 0 bridgehead atoms. The highest BCUT2D eigenvalue weighted by molar-refractivity contribution is 5.69. The van der Waals surface area contributed by atoms with E-state index in [0.717, 1.165) is 6.42 Å². The molecule has 0 amide bonds. The van der Waals surface area contributed by atoms with E-state index in [1.165, 1.54) is 7.11 Å². The molecule has 1 heterocycles. The number of nitrogens with two attached hydrogens (primary N) is 1. The van der Waals surface area contributed by atoms with E-state index in [2.05, 4.69) is 4.74 Å². The van der Waals surface area contributed by atoms with E-state index in [-0.39, 0.29) is 12.0 Å². The lowest BCUT2D eigenvalue weighted by Crippen LogP contribution is -2.28. The monoisotopic (exact) mass is 173 g/mol. The van der Waals surface area contributed by atoms with Gasteiger partial charge in [-0.25, -0.2) is 0 Å². The van der Waals surface area contributed by atoms with Crippen molar-refractivity contribution in [2.75, 3.05) is 20.3 Å². The predicted octanol–water partition coefficient (Wildman–Crippen LogP) is -0.0867. The topological polar surface area (TPSA) is 61.5 Å². The van der Waals surface area contributed by atoms with Gasteiger partial charge in [-0.1, -0.05) is 0 Å². The Morgan fingerprint density at radius 3 is 2.92 bits per heavy atom. The van der Waals surface area contributed by atoms with Crippen molar-refractivity contribution in [1.82, 2.24) is 0 Å². The first-order valence-electron chi connectivity index (χ1n) is 4.14. The van der Waals surface area contributed by atoms with E-state index in [4.69, 9.17) is 10.5 Å². The first-order chi connectivity index (χ1) is 5.74. The summed E-state index contributed by atoms with van der Waals surface area (Å²) < 4.78 is 9.68. The molecule has 1 aliphatic rings. The van der Waals surface area contributed by atoms with Crippen LogP contribution in [0.2, 0.25) is 0 Å². The highest BCUT2D eigenvalue weighted by Crippen LogP contribution is 2.17. The van der Waals surface area contributed by atoms with Gasteiger partial charge in [-0.2, -0.15) is 0 Å². The number of ether oxygens (including phenoxy) is 2. The Balaban J connectivity index is 2.18. The summed E-state index contributed by atoms with van der Waals surface area (Å²) in [4.78, 5) is 10.8. The maximum absolute atomic E-state index is 10.8.